The molecule has 4 rings (SSSR count). The van der Waals surface area contributed by atoms with Crippen molar-refractivity contribution in [2.75, 3.05) is 35.3 Å². The van der Waals surface area contributed by atoms with E-state index in [9.17, 15) is 0 Å². The smallest absolute Gasteiger partial charge is 0.250 e. The summed E-state index contributed by atoms with van der Waals surface area (Å²) in [4.78, 5) is 10.1. The molecular formula is C20H24N10. The summed E-state index contributed by atoms with van der Waals surface area (Å²) in [5, 5.41) is 16.6. The molecular weight excluding hydrogens is 380 g/mol. The number of anilines is 5. The van der Waals surface area contributed by atoms with Gasteiger partial charge in [0.2, 0.25) is 17.8 Å². The number of H-pyrrole nitrogens is 2. The van der Waals surface area contributed by atoms with Crippen molar-refractivity contribution in [3.8, 4) is 11.1 Å². The lowest BCUT2D eigenvalue weighted by Gasteiger charge is -2.17. The maximum Gasteiger partial charge on any atom is 0.250 e. The summed E-state index contributed by atoms with van der Waals surface area (Å²) in [7, 11) is 1.91. The van der Waals surface area contributed by atoms with Crippen LogP contribution in [0, 0.1) is 0 Å². The first-order valence-electron chi connectivity index (χ1n) is 9.62. The number of nitrogen functional groups attached to an aromatic ring is 2. The van der Waals surface area contributed by atoms with Gasteiger partial charge >= 0.3 is 0 Å². The highest BCUT2D eigenvalue weighted by molar-refractivity contribution is 5.73. The Hall–Kier alpha value is -4.08. The molecule has 2 aromatic heterocycles. The van der Waals surface area contributed by atoms with Crippen molar-refractivity contribution in [1.82, 2.24) is 30.4 Å². The normalized spacial score (nSPS) is 10.8. The Labute approximate surface area is 173 Å². The second kappa shape index (κ2) is 8.52. The number of aryl methyl sites for hydroxylation is 1. The highest BCUT2D eigenvalue weighted by atomic mass is 15.4. The van der Waals surface area contributed by atoms with Crippen molar-refractivity contribution >= 4 is 29.5 Å². The highest BCUT2D eigenvalue weighted by Crippen LogP contribution is 2.29. The number of nitrogens with one attached hydrogen (secondary N) is 3. The zero-order valence-corrected chi connectivity index (χ0v) is 16.6. The van der Waals surface area contributed by atoms with E-state index in [4.69, 9.17) is 11.5 Å². The zero-order valence-electron chi connectivity index (χ0n) is 16.6. The van der Waals surface area contributed by atoms with Gasteiger partial charge in [0, 0.05) is 19.3 Å². The van der Waals surface area contributed by atoms with Crippen molar-refractivity contribution in [1.29, 1.82) is 0 Å². The third-order valence-corrected chi connectivity index (χ3v) is 4.76. The van der Waals surface area contributed by atoms with E-state index in [0.717, 1.165) is 30.6 Å². The Balaban J connectivity index is 1.47. The Morgan fingerprint density at radius 1 is 0.967 bits per heavy atom. The number of aromatic amines is 2. The van der Waals surface area contributed by atoms with Crippen LogP contribution in [0.15, 0.2) is 48.5 Å². The second-order valence-electron chi connectivity index (χ2n) is 6.86. The number of benzene rings is 2. The molecule has 10 nitrogen and oxygen atoms in total. The summed E-state index contributed by atoms with van der Waals surface area (Å²) in [5.74, 6) is 1.64. The van der Waals surface area contributed by atoms with Gasteiger partial charge in [0.1, 0.15) is 0 Å². The summed E-state index contributed by atoms with van der Waals surface area (Å²) in [5.41, 5.74) is 15.8. The number of rotatable bonds is 8. The summed E-state index contributed by atoms with van der Waals surface area (Å²) < 4.78 is 0. The first kappa shape index (κ1) is 19.2. The summed E-state index contributed by atoms with van der Waals surface area (Å²) in [6.45, 7) is 0.751. The fourth-order valence-corrected chi connectivity index (χ4v) is 3.26. The molecule has 0 saturated carbocycles. The van der Waals surface area contributed by atoms with Gasteiger partial charge in [-0.3, -0.25) is 0 Å². The monoisotopic (exact) mass is 404 g/mol. The number of nitrogens with zero attached hydrogens (tertiary/aromatic N) is 5. The number of aromatic nitrogens is 6. The number of hydrogen-bond donors (Lipinski definition) is 5. The van der Waals surface area contributed by atoms with Crippen molar-refractivity contribution < 1.29 is 0 Å². The molecule has 10 heteroatoms. The first-order chi connectivity index (χ1) is 14.6. The minimum absolute atomic E-state index is 0.291. The maximum absolute atomic E-state index is 5.65. The van der Waals surface area contributed by atoms with Gasteiger partial charge in [-0.15, -0.1) is 10.2 Å². The quantitative estimate of drug-likeness (QED) is 0.281. The van der Waals surface area contributed by atoms with Gasteiger partial charge in [-0.1, -0.05) is 36.4 Å². The molecule has 0 aliphatic carbocycles. The van der Waals surface area contributed by atoms with E-state index in [1.165, 1.54) is 11.1 Å². The Morgan fingerprint density at radius 2 is 1.77 bits per heavy atom. The molecule has 0 fully saturated rings. The molecule has 0 bridgehead atoms. The molecule has 2 heterocycles. The lowest BCUT2D eigenvalue weighted by molar-refractivity contribution is 0.855. The molecule has 0 unspecified atom stereocenters. The third kappa shape index (κ3) is 4.32. The first-order valence-corrected chi connectivity index (χ1v) is 9.62. The molecule has 0 aliphatic heterocycles. The maximum atomic E-state index is 5.65. The fraction of sp³-hybridized carbons (Fsp3) is 0.200. The Kier molecular flexibility index (Phi) is 5.46. The van der Waals surface area contributed by atoms with Gasteiger partial charge in [0.05, 0.1) is 0 Å². The van der Waals surface area contributed by atoms with Gasteiger partial charge in [0.15, 0.2) is 0 Å². The van der Waals surface area contributed by atoms with Crippen LogP contribution >= 0.6 is 0 Å². The van der Waals surface area contributed by atoms with E-state index in [-0.39, 0.29) is 0 Å². The molecule has 0 atom stereocenters. The third-order valence-electron chi connectivity index (χ3n) is 4.76. The lowest BCUT2D eigenvalue weighted by atomic mass is 9.96. The van der Waals surface area contributed by atoms with Crippen molar-refractivity contribution in [2.45, 2.75) is 12.8 Å². The predicted octanol–water partition coefficient (Wildman–Crippen LogP) is 2.57. The molecule has 7 N–H and O–H groups in total. The van der Waals surface area contributed by atoms with E-state index in [1.807, 2.05) is 24.1 Å². The van der Waals surface area contributed by atoms with Crippen molar-refractivity contribution in [2.24, 2.45) is 0 Å². The van der Waals surface area contributed by atoms with Crippen LogP contribution in [0.3, 0.4) is 0 Å². The van der Waals surface area contributed by atoms with Gasteiger partial charge in [-0.05, 0) is 41.7 Å². The molecule has 0 saturated heterocycles. The average Bonchev–Trinajstić information content (AvgIpc) is 3.39. The predicted molar refractivity (Wildman–Crippen MR) is 118 cm³/mol. The number of hydrogen-bond acceptors (Lipinski definition) is 8. The Bertz CT molecular complexity index is 1120. The van der Waals surface area contributed by atoms with E-state index in [0.29, 0.717) is 23.8 Å². The van der Waals surface area contributed by atoms with Crippen LogP contribution in [0.1, 0.15) is 12.0 Å². The summed E-state index contributed by atoms with van der Waals surface area (Å²) >= 11 is 0. The van der Waals surface area contributed by atoms with Crippen LogP contribution in [0.2, 0.25) is 0 Å². The summed E-state index contributed by atoms with van der Waals surface area (Å²) in [6, 6.07) is 16.7. The van der Waals surface area contributed by atoms with Gasteiger partial charge in [-0.2, -0.15) is 9.97 Å². The SMILES string of the molecule is CN(c1cccc(-c2ccccc2CCCNc2n[nH]c(N)n2)c1)c1n[nH]c(N)n1. The standard InChI is InChI=1S/C20H24N10/c1-30(20-25-18(22)27-29-20)15-9-4-7-14(12-15)16-10-3-2-6-13(16)8-5-11-23-19-24-17(21)26-28-19/h2-4,6-7,9-10,12H,5,8,11H2,1H3,(H3,22,25,27,29)(H4,21,23,24,26,28). The van der Waals surface area contributed by atoms with Crippen LogP contribution in [0.5, 0.6) is 0 Å². The summed E-state index contributed by atoms with van der Waals surface area (Å²) in [6.07, 6.45) is 1.85. The second-order valence-corrected chi connectivity index (χ2v) is 6.86. The van der Waals surface area contributed by atoms with E-state index in [1.54, 1.807) is 0 Å². The lowest BCUT2D eigenvalue weighted by Crippen LogP contribution is -2.11. The molecule has 154 valence electrons. The van der Waals surface area contributed by atoms with Gasteiger partial charge in [-0.25, -0.2) is 10.2 Å². The van der Waals surface area contributed by atoms with E-state index < -0.39 is 0 Å². The molecule has 2 aromatic carbocycles. The van der Waals surface area contributed by atoms with Crippen LogP contribution in [-0.2, 0) is 6.42 Å². The van der Waals surface area contributed by atoms with Gasteiger partial charge in [0.25, 0.3) is 5.95 Å². The molecule has 0 spiro atoms. The largest absolute Gasteiger partial charge is 0.368 e. The van der Waals surface area contributed by atoms with Crippen molar-refractivity contribution in [3.63, 3.8) is 0 Å². The van der Waals surface area contributed by atoms with E-state index >= 15 is 0 Å². The van der Waals surface area contributed by atoms with Crippen LogP contribution in [-0.4, -0.2) is 44.0 Å². The highest BCUT2D eigenvalue weighted by Gasteiger charge is 2.11. The molecule has 0 aliphatic rings. The van der Waals surface area contributed by atoms with Crippen LogP contribution < -0.4 is 21.7 Å². The van der Waals surface area contributed by atoms with E-state index in [2.05, 4.69) is 72.1 Å². The number of nitrogens with two attached hydrogens (primary N) is 2. The van der Waals surface area contributed by atoms with Crippen LogP contribution in [0.25, 0.3) is 11.1 Å². The molecule has 0 radical (unpaired) electrons. The Morgan fingerprint density at radius 3 is 2.53 bits per heavy atom. The molecule has 0 amide bonds. The molecule has 30 heavy (non-hydrogen) atoms. The molecule has 4 aromatic rings. The average molecular weight is 404 g/mol. The van der Waals surface area contributed by atoms with Crippen LogP contribution in [0.4, 0.5) is 29.5 Å². The minimum atomic E-state index is 0.291. The fourth-order valence-electron chi connectivity index (χ4n) is 3.26. The van der Waals surface area contributed by atoms with Crippen molar-refractivity contribution in [3.05, 3.63) is 54.1 Å². The van der Waals surface area contributed by atoms with Gasteiger partial charge < -0.3 is 21.7 Å². The topological polar surface area (TPSA) is 150 Å². The zero-order chi connectivity index (χ0) is 20.9. The minimum Gasteiger partial charge on any atom is -0.368 e.